The number of benzene rings is 2. The first-order valence-corrected chi connectivity index (χ1v) is 10.2. The number of ether oxygens (including phenoxy) is 2. The van der Waals surface area contributed by atoms with Gasteiger partial charge in [-0.3, -0.25) is 0 Å². The quantitative estimate of drug-likeness (QED) is 0.713. The van der Waals surface area contributed by atoms with Crippen LogP contribution in [0.15, 0.2) is 54.6 Å². The fourth-order valence-electron chi connectivity index (χ4n) is 4.50. The van der Waals surface area contributed by atoms with Crippen LogP contribution in [0.2, 0.25) is 0 Å². The van der Waals surface area contributed by atoms with Crippen LogP contribution in [0.5, 0.6) is 5.75 Å². The summed E-state index contributed by atoms with van der Waals surface area (Å²) >= 11 is 0. The topological polar surface area (TPSA) is 35.1 Å². The normalized spacial score (nSPS) is 25.3. The molecular weight excluding hydrogens is 334 g/mol. The molecular formula is C24H34NO2+. The second-order valence-electron chi connectivity index (χ2n) is 8.08. The first-order valence-electron chi connectivity index (χ1n) is 10.2. The van der Waals surface area contributed by atoms with E-state index in [-0.39, 0.29) is 11.0 Å². The van der Waals surface area contributed by atoms with Crippen LogP contribution in [0.25, 0.3) is 0 Å². The number of hydrogen-bond donors (Lipinski definition) is 1. The number of nitrogens with two attached hydrogens (primary N) is 1. The molecule has 1 fully saturated rings. The van der Waals surface area contributed by atoms with Crippen LogP contribution < -0.4 is 10.1 Å². The smallest absolute Gasteiger partial charge is 0.122 e. The van der Waals surface area contributed by atoms with Crippen molar-refractivity contribution in [1.82, 2.24) is 0 Å². The average Bonchev–Trinajstić information content (AvgIpc) is 2.72. The Bertz CT molecular complexity index is 717. The number of rotatable bonds is 8. The third kappa shape index (κ3) is 4.72. The molecule has 3 nitrogen and oxygen atoms in total. The van der Waals surface area contributed by atoms with Crippen molar-refractivity contribution in [3.8, 4) is 5.75 Å². The Morgan fingerprint density at radius 3 is 2.56 bits per heavy atom. The van der Waals surface area contributed by atoms with Crippen LogP contribution in [-0.4, -0.2) is 25.9 Å². The lowest BCUT2D eigenvalue weighted by molar-refractivity contribution is -0.672. The van der Waals surface area contributed by atoms with Crippen LogP contribution in [0.4, 0.5) is 0 Å². The highest BCUT2D eigenvalue weighted by atomic mass is 16.5. The van der Waals surface area contributed by atoms with E-state index < -0.39 is 0 Å². The molecule has 27 heavy (non-hydrogen) atoms. The molecule has 3 rings (SSSR count). The average molecular weight is 369 g/mol. The fourth-order valence-corrected chi connectivity index (χ4v) is 4.50. The maximum Gasteiger partial charge on any atom is 0.122 e. The molecule has 0 saturated carbocycles. The van der Waals surface area contributed by atoms with Crippen molar-refractivity contribution in [2.24, 2.45) is 0 Å². The molecule has 0 amide bonds. The second kappa shape index (κ2) is 8.90. The minimum Gasteiger partial charge on any atom is -0.496 e. The SMILES string of the molecule is CC[C@@]1(C)C[C@](CC[NH2+]Cc2ccccc2)(c2ccccc2OC)CCO1. The Hall–Kier alpha value is -1.84. The molecule has 1 heterocycles. The van der Waals surface area contributed by atoms with Gasteiger partial charge in [-0.1, -0.05) is 55.5 Å². The highest BCUT2D eigenvalue weighted by molar-refractivity contribution is 5.40. The third-order valence-electron chi connectivity index (χ3n) is 6.22. The lowest BCUT2D eigenvalue weighted by atomic mass is 9.66. The summed E-state index contributed by atoms with van der Waals surface area (Å²) < 4.78 is 11.9. The van der Waals surface area contributed by atoms with E-state index >= 15 is 0 Å². The summed E-state index contributed by atoms with van der Waals surface area (Å²) in [4.78, 5) is 0. The van der Waals surface area contributed by atoms with Gasteiger partial charge < -0.3 is 14.8 Å². The molecule has 1 saturated heterocycles. The fraction of sp³-hybridized carbons (Fsp3) is 0.500. The molecule has 0 radical (unpaired) electrons. The molecule has 2 aromatic rings. The molecule has 2 N–H and O–H groups in total. The summed E-state index contributed by atoms with van der Waals surface area (Å²) in [6.45, 7) is 7.46. The maximum absolute atomic E-state index is 6.19. The van der Waals surface area contributed by atoms with Gasteiger partial charge in [0.15, 0.2) is 0 Å². The van der Waals surface area contributed by atoms with Gasteiger partial charge in [0.1, 0.15) is 12.3 Å². The molecule has 146 valence electrons. The van der Waals surface area contributed by atoms with Crippen molar-refractivity contribution in [1.29, 1.82) is 0 Å². The molecule has 0 unspecified atom stereocenters. The highest BCUT2D eigenvalue weighted by Gasteiger charge is 2.44. The molecule has 0 spiro atoms. The van der Waals surface area contributed by atoms with Crippen molar-refractivity contribution in [3.05, 3.63) is 65.7 Å². The summed E-state index contributed by atoms with van der Waals surface area (Å²) in [5.74, 6) is 1.01. The summed E-state index contributed by atoms with van der Waals surface area (Å²) in [7, 11) is 1.78. The molecule has 2 atom stereocenters. The minimum atomic E-state index is -0.0570. The molecule has 0 aliphatic carbocycles. The molecule has 3 heteroatoms. The van der Waals surface area contributed by atoms with Gasteiger partial charge in [-0.05, 0) is 32.3 Å². The van der Waals surface area contributed by atoms with Crippen LogP contribution in [0, 0.1) is 0 Å². The first-order chi connectivity index (χ1) is 13.1. The monoisotopic (exact) mass is 368 g/mol. The van der Waals surface area contributed by atoms with Crippen molar-refractivity contribution < 1.29 is 14.8 Å². The Kier molecular flexibility index (Phi) is 6.56. The summed E-state index contributed by atoms with van der Waals surface area (Å²) in [5.41, 5.74) is 2.79. The van der Waals surface area contributed by atoms with E-state index in [1.54, 1.807) is 7.11 Å². The molecule has 2 aromatic carbocycles. The molecule has 0 aromatic heterocycles. The van der Waals surface area contributed by atoms with E-state index in [1.807, 2.05) is 0 Å². The van der Waals surface area contributed by atoms with Crippen LogP contribution in [0.1, 0.15) is 50.7 Å². The zero-order chi connectivity index (χ0) is 19.2. The Morgan fingerprint density at radius 1 is 1.07 bits per heavy atom. The molecule has 0 bridgehead atoms. The van der Waals surface area contributed by atoms with Crippen LogP contribution in [-0.2, 0) is 16.7 Å². The van der Waals surface area contributed by atoms with Gasteiger partial charge in [0, 0.05) is 29.6 Å². The van der Waals surface area contributed by atoms with Gasteiger partial charge in [0.05, 0.1) is 19.3 Å². The zero-order valence-electron chi connectivity index (χ0n) is 17.0. The van der Waals surface area contributed by atoms with E-state index in [0.29, 0.717) is 0 Å². The van der Waals surface area contributed by atoms with Gasteiger partial charge in [0.2, 0.25) is 0 Å². The van der Waals surface area contributed by atoms with Gasteiger partial charge in [-0.15, -0.1) is 0 Å². The third-order valence-corrected chi connectivity index (χ3v) is 6.22. The summed E-state index contributed by atoms with van der Waals surface area (Å²) in [5, 5.41) is 2.44. The number of methoxy groups -OCH3 is 1. The molecule has 1 aliphatic rings. The summed E-state index contributed by atoms with van der Waals surface area (Å²) in [6, 6.07) is 19.3. The van der Waals surface area contributed by atoms with Gasteiger partial charge in [-0.2, -0.15) is 0 Å². The van der Waals surface area contributed by atoms with E-state index in [2.05, 4.69) is 73.8 Å². The van der Waals surface area contributed by atoms with Crippen LogP contribution in [0.3, 0.4) is 0 Å². The van der Waals surface area contributed by atoms with Crippen molar-refractivity contribution in [2.75, 3.05) is 20.3 Å². The lowest BCUT2D eigenvalue weighted by Gasteiger charge is -2.46. The standard InChI is InChI=1S/C24H33NO2/c1-4-23(2)19-24(15-17-27-23,21-12-8-9-13-22(21)26-3)14-16-25-18-20-10-6-5-7-11-20/h5-13,25H,4,14-19H2,1-3H3/p+1/t23-,24+/m0/s1. The van der Waals surface area contributed by atoms with E-state index in [1.165, 1.54) is 11.1 Å². The molecule has 1 aliphatic heterocycles. The van der Waals surface area contributed by atoms with Gasteiger partial charge in [-0.25, -0.2) is 0 Å². The predicted octanol–water partition coefficient (Wildman–Crippen LogP) is 4.07. The van der Waals surface area contributed by atoms with E-state index in [0.717, 1.165) is 51.1 Å². The Balaban J connectivity index is 1.78. The van der Waals surface area contributed by atoms with E-state index in [4.69, 9.17) is 9.47 Å². The summed E-state index contributed by atoms with van der Waals surface area (Å²) in [6.07, 6.45) is 4.29. The van der Waals surface area contributed by atoms with Gasteiger partial charge >= 0.3 is 0 Å². The Morgan fingerprint density at radius 2 is 1.81 bits per heavy atom. The number of quaternary nitrogens is 1. The van der Waals surface area contributed by atoms with Crippen LogP contribution >= 0.6 is 0 Å². The number of para-hydroxylation sites is 1. The van der Waals surface area contributed by atoms with Crippen molar-refractivity contribution in [3.63, 3.8) is 0 Å². The first kappa shape index (κ1) is 19.9. The highest BCUT2D eigenvalue weighted by Crippen LogP contribution is 2.47. The lowest BCUT2D eigenvalue weighted by Crippen LogP contribution is -2.83. The maximum atomic E-state index is 6.19. The minimum absolute atomic E-state index is 0.0570. The second-order valence-corrected chi connectivity index (χ2v) is 8.08. The largest absolute Gasteiger partial charge is 0.496 e. The van der Waals surface area contributed by atoms with Crippen molar-refractivity contribution in [2.45, 2.75) is 57.1 Å². The van der Waals surface area contributed by atoms with E-state index in [9.17, 15) is 0 Å². The number of hydrogen-bond acceptors (Lipinski definition) is 2. The van der Waals surface area contributed by atoms with Gasteiger partial charge in [0.25, 0.3) is 0 Å². The Labute approximate surface area is 164 Å². The predicted molar refractivity (Wildman–Crippen MR) is 110 cm³/mol. The van der Waals surface area contributed by atoms with Crippen molar-refractivity contribution >= 4 is 0 Å². The zero-order valence-corrected chi connectivity index (χ0v) is 17.0.